The molecule has 1 heterocycles. The fourth-order valence-electron chi connectivity index (χ4n) is 2.32. The zero-order chi connectivity index (χ0) is 13.9. The lowest BCUT2D eigenvalue weighted by atomic mass is 10.1. The van der Waals surface area contributed by atoms with E-state index >= 15 is 0 Å². The van der Waals surface area contributed by atoms with Crippen molar-refractivity contribution in [3.63, 3.8) is 0 Å². The van der Waals surface area contributed by atoms with Gasteiger partial charge in [0.05, 0.1) is 11.0 Å². The minimum Gasteiger partial charge on any atom is -0.302 e. The van der Waals surface area contributed by atoms with E-state index in [4.69, 9.17) is 0 Å². The Balaban J connectivity index is 1.93. The van der Waals surface area contributed by atoms with E-state index in [1.807, 2.05) is 6.07 Å². The molecule has 0 N–H and O–H groups in total. The molecule has 19 heavy (non-hydrogen) atoms. The van der Waals surface area contributed by atoms with Crippen molar-refractivity contribution in [2.75, 3.05) is 25.4 Å². The molecule has 1 atom stereocenters. The molecule has 0 aromatic heterocycles. The Morgan fingerprint density at radius 2 is 2.05 bits per heavy atom. The zero-order valence-corrected chi connectivity index (χ0v) is 12.0. The molecule has 0 saturated carbocycles. The molecular weight excluding hydrogens is 265 g/mol. The summed E-state index contributed by atoms with van der Waals surface area (Å²) in [5, 5.41) is -0.258. The van der Waals surface area contributed by atoms with Crippen molar-refractivity contribution in [3.05, 3.63) is 35.6 Å². The van der Waals surface area contributed by atoms with Crippen molar-refractivity contribution in [3.8, 4) is 0 Å². The van der Waals surface area contributed by atoms with E-state index < -0.39 is 9.84 Å². The Bertz CT molecular complexity index is 530. The molecule has 0 amide bonds. The molecule has 1 unspecified atom stereocenters. The molecule has 0 spiro atoms. The molecule has 2 rings (SSSR count). The van der Waals surface area contributed by atoms with Crippen molar-refractivity contribution in [2.24, 2.45) is 0 Å². The second-order valence-electron chi connectivity index (χ2n) is 5.15. The summed E-state index contributed by atoms with van der Waals surface area (Å²) >= 11 is 0. The molecule has 1 aromatic carbocycles. The van der Waals surface area contributed by atoms with Crippen LogP contribution in [-0.4, -0.2) is 44.0 Å². The number of hydrogen-bond donors (Lipinski definition) is 0. The molecule has 0 bridgehead atoms. The first-order valence-corrected chi connectivity index (χ1v) is 8.38. The minimum atomic E-state index is -2.94. The van der Waals surface area contributed by atoms with Crippen molar-refractivity contribution < 1.29 is 12.8 Å². The Kier molecular flexibility index (Phi) is 4.58. The Morgan fingerprint density at radius 1 is 1.32 bits per heavy atom. The standard InChI is InChI=1S/C14H20FNO2S/c1-12-6-8-16(10-11-19(12,17)18)9-7-13-4-2-3-5-14(13)15/h2-5,12H,6-11H2,1H3. The zero-order valence-electron chi connectivity index (χ0n) is 11.2. The van der Waals surface area contributed by atoms with Gasteiger partial charge in [-0.15, -0.1) is 0 Å². The van der Waals surface area contributed by atoms with Crippen LogP contribution in [0, 0.1) is 5.82 Å². The van der Waals surface area contributed by atoms with Gasteiger partial charge in [-0.25, -0.2) is 12.8 Å². The molecular formula is C14H20FNO2S. The summed E-state index contributed by atoms with van der Waals surface area (Å²) in [6.45, 7) is 3.81. The van der Waals surface area contributed by atoms with E-state index in [0.29, 0.717) is 31.5 Å². The molecule has 0 radical (unpaired) electrons. The van der Waals surface area contributed by atoms with Crippen LogP contribution in [0.1, 0.15) is 18.9 Å². The summed E-state index contributed by atoms with van der Waals surface area (Å²) in [6, 6.07) is 6.75. The molecule has 1 aromatic rings. The molecule has 0 aliphatic carbocycles. The van der Waals surface area contributed by atoms with E-state index in [9.17, 15) is 12.8 Å². The topological polar surface area (TPSA) is 37.4 Å². The average Bonchev–Trinajstić information content (AvgIpc) is 2.50. The molecule has 1 fully saturated rings. The van der Waals surface area contributed by atoms with Crippen molar-refractivity contribution >= 4 is 9.84 Å². The van der Waals surface area contributed by atoms with Gasteiger partial charge < -0.3 is 4.90 Å². The van der Waals surface area contributed by atoms with E-state index in [0.717, 1.165) is 6.54 Å². The fourth-order valence-corrected chi connectivity index (χ4v) is 3.70. The quantitative estimate of drug-likeness (QED) is 0.851. The highest BCUT2D eigenvalue weighted by Gasteiger charge is 2.25. The number of nitrogens with zero attached hydrogens (tertiary/aromatic N) is 1. The maximum atomic E-state index is 13.5. The predicted molar refractivity (Wildman–Crippen MR) is 74.4 cm³/mol. The lowest BCUT2D eigenvalue weighted by molar-refractivity contribution is 0.294. The van der Waals surface area contributed by atoms with Gasteiger partial charge in [-0.05, 0) is 37.9 Å². The number of rotatable bonds is 3. The maximum Gasteiger partial charge on any atom is 0.154 e. The highest BCUT2D eigenvalue weighted by molar-refractivity contribution is 7.92. The molecule has 1 saturated heterocycles. The van der Waals surface area contributed by atoms with E-state index in [2.05, 4.69) is 4.90 Å². The molecule has 5 heteroatoms. The highest BCUT2D eigenvalue weighted by atomic mass is 32.2. The van der Waals surface area contributed by atoms with E-state index in [-0.39, 0.29) is 16.8 Å². The predicted octanol–water partition coefficient (Wildman–Crippen LogP) is 1.88. The average molecular weight is 285 g/mol. The van der Waals surface area contributed by atoms with Crippen LogP contribution in [0.25, 0.3) is 0 Å². The summed E-state index contributed by atoms with van der Waals surface area (Å²) in [7, 11) is -2.94. The second-order valence-corrected chi connectivity index (χ2v) is 7.69. The molecule has 3 nitrogen and oxygen atoms in total. The first-order chi connectivity index (χ1) is 8.99. The third-order valence-electron chi connectivity index (χ3n) is 3.81. The maximum absolute atomic E-state index is 13.5. The van der Waals surface area contributed by atoms with Gasteiger partial charge in [-0.2, -0.15) is 0 Å². The van der Waals surface area contributed by atoms with Gasteiger partial charge >= 0.3 is 0 Å². The van der Waals surface area contributed by atoms with Crippen molar-refractivity contribution in [1.29, 1.82) is 0 Å². The molecule has 106 valence electrons. The normalized spacial score (nSPS) is 24.0. The molecule has 1 aliphatic heterocycles. The van der Waals surface area contributed by atoms with Crippen LogP contribution in [0.15, 0.2) is 24.3 Å². The number of sulfone groups is 1. The van der Waals surface area contributed by atoms with Crippen LogP contribution in [0.2, 0.25) is 0 Å². The smallest absolute Gasteiger partial charge is 0.154 e. The third kappa shape index (κ3) is 3.76. The largest absolute Gasteiger partial charge is 0.302 e. The highest BCUT2D eigenvalue weighted by Crippen LogP contribution is 2.14. The number of benzene rings is 1. The van der Waals surface area contributed by atoms with Crippen LogP contribution >= 0.6 is 0 Å². The SMILES string of the molecule is CC1CCN(CCc2ccccc2F)CCS1(=O)=O. The van der Waals surface area contributed by atoms with E-state index in [1.165, 1.54) is 6.07 Å². The fraction of sp³-hybridized carbons (Fsp3) is 0.571. The van der Waals surface area contributed by atoms with Crippen LogP contribution in [0.4, 0.5) is 4.39 Å². The first-order valence-electron chi connectivity index (χ1n) is 6.66. The summed E-state index contributed by atoms with van der Waals surface area (Å²) in [4.78, 5) is 2.12. The van der Waals surface area contributed by atoms with Gasteiger partial charge in [0, 0.05) is 13.1 Å². The van der Waals surface area contributed by atoms with Crippen LogP contribution < -0.4 is 0 Å². The Morgan fingerprint density at radius 3 is 2.79 bits per heavy atom. The lowest BCUT2D eigenvalue weighted by Crippen LogP contribution is -2.29. The summed E-state index contributed by atoms with van der Waals surface area (Å²) in [6.07, 6.45) is 1.29. The van der Waals surface area contributed by atoms with Gasteiger partial charge in [0.2, 0.25) is 0 Å². The summed E-state index contributed by atoms with van der Waals surface area (Å²) in [5.41, 5.74) is 0.697. The third-order valence-corrected chi connectivity index (χ3v) is 6.03. The molecule has 1 aliphatic rings. The van der Waals surface area contributed by atoms with Gasteiger partial charge in [0.1, 0.15) is 5.82 Å². The van der Waals surface area contributed by atoms with Crippen molar-refractivity contribution in [2.45, 2.75) is 25.0 Å². The van der Waals surface area contributed by atoms with E-state index in [1.54, 1.807) is 19.1 Å². The summed E-state index contributed by atoms with van der Waals surface area (Å²) in [5.74, 6) is 0.0316. The van der Waals surface area contributed by atoms with Gasteiger partial charge in [-0.1, -0.05) is 18.2 Å². The first kappa shape index (κ1) is 14.5. The minimum absolute atomic E-state index is 0.182. The second kappa shape index (κ2) is 6.01. The van der Waals surface area contributed by atoms with Gasteiger partial charge in [-0.3, -0.25) is 0 Å². The number of halogens is 1. The van der Waals surface area contributed by atoms with Crippen LogP contribution in [0.5, 0.6) is 0 Å². The summed E-state index contributed by atoms with van der Waals surface area (Å²) < 4.78 is 37.1. The number of hydrogen-bond acceptors (Lipinski definition) is 3. The van der Waals surface area contributed by atoms with Crippen LogP contribution in [0.3, 0.4) is 0 Å². The Labute approximate surface area is 114 Å². The van der Waals surface area contributed by atoms with Gasteiger partial charge in [0.25, 0.3) is 0 Å². The van der Waals surface area contributed by atoms with Gasteiger partial charge in [0.15, 0.2) is 9.84 Å². The van der Waals surface area contributed by atoms with Crippen molar-refractivity contribution in [1.82, 2.24) is 4.90 Å². The lowest BCUT2D eigenvalue weighted by Gasteiger charge is -2.19. The van der Waals surface area contributed by atoms with Crippen LogP contribution in [-0.2, 0) is 16.3 Å². The monoisotopic (exact) mass is 285 g/mol. The Hall–Kier alpha value is -0.940.